The molecule has 0 aromatic heterocycles. The predicted octanol–water partition coefficient (Wildman–Crippen LogP) is 5.50. The molecule has 25 heavy (non-hydrogen) atoms. The van der Waals surface area contributed by atoms with Crippen molar-refractivity contribution >= 4 is 27.5 Å². The standard InChI is InChI=1S/C21H22BrNO2/c1-25-18-11-5-15(6-12-18)19-21(13-3-2-4-14-21)20(24)23(19)17-9-7-16(22)8-10-17/h5-12,19H,2-4,13-14H2,1H3. The Morgan fingerprint density at radius 2 is 1.64 bits per heavy atom. The van der Waals surface area contributed by atoms with E-state index >= 15 is 0 Å². The van der Waals surface area contributed by atoms with Gasteiger partial charge >= 0.3 is 0 Å². The number of β-lactam (4-membered cyclic amide) rings is 1. The first-order valence-corrected chi connectivity index (χ1v) is 9.68. The lowest BCUT2D eigenvalue weighted by Gasteiger charge is -2.58. The van der Waals surface area contributed by atoms with Crippen molar-refractivity contribution in [3.63, 3.8) is 0 Å². The van der Waals surface area contributed by atoms with Gasteiger partial charge < -0.3 is 9.64 Å². The van der Waals surface area contributed by atoms with E-state index in [0.717, 1.165) is 41.6 Å². The lowest BCUT2D eigenvalue weighted by Crippen LogP contribution is -2.64. The smallest absolute Gasteiger partial charge is 0.236 e. The van der Waals surface area contributed by atoms with Crippen molar-refractivity contribution in [2.75, 3.05) is 12.0 Å². The Morgan fingerprint density at radius 1 is 1.00 bits per heavy atom. The van der Waals surface area contributed by atoms with E-state index in [4.69, 9.17) is 4.74 Å². The zero-order valence-corrected chi connectivity index (χ0v) is 16.0. The number of nitrogens with zero attached hydrogens (tertiary/aromatic N) is 1. The Hall–Kier alpha value is -1.81. The zero-order chi connectivity index (χ0) is 17.4. The Balaban J connectivity index is 1.74. The first-order valence-electron chi connectivity index (χ1n) is 8.89. The summed E-state index contributed by atoms with van der Waals surface area (Å²) in [5, 5.41) is 0. The second kappa shape index (κ2) is 6.49. The summed E-state index contributed by atoms with van der Waals surface area (Å²) in [6.07, 6.45) is 5.52. The van der Waals surface area contributed by atoms with Crippen LogP contribution in [0.25, 0.3) is 0 Å². The highest BCUT2D eigenvalue weighted by molar-refractivity contribution is 9.10. The Bertz CT molecular complexity index is 763. The van der Waals surface area contributed by atoms with E-state index in [-0.39, 0.29) is 17.4 Å². The van der Waals surface area contributed by atoms with Crippen molar-refractivity contribution in [1.82, 2.24) is 0 Å². The molecule has 2 aromatic carbocycles. The van der Waals surface area contributed by atoms with Crippen LogP contribution >= 0.6 is 15.9 Å². The molecular formula is C21H22BrNO2. The van der Waals surface area contributed by atoms with E-state index in [9.17, 15) is 4.79 Å². The van der Waals surface area contributed by atoms with Crippen molar-refractivity contribution in [3.8, 4) is 5.75 Å². The van der Waals surface area contributed by atoms with Crippen LogP contribution in [-0.4, -0.2) is 13.0 Å². The van der Waals surface area contributed by atoms with E-state index in [2.05, 4.69) is 28.1 Å². The number of carbonyl (C=O) groups excluding carboxylic acids is 1. The minimum absolute atomic E-state index is 0.118. The summed E-state index contributed by atoms with van der Waals surface area (Å²) in [6.45, 7) is 0. The highest BCUT2D eigenvalue weighted by Crippen LogP contribution is 2.59. The molecule has 130 valence electrons. The molecule has 4 heteroatoms. The number of anilines is 1. The third-order valence-corrected chi connectivity index (χ3v) is 6.24. The molecule has 1 unspecified atom stereocenters. The molecule has 1 aliphatic carbocycles. The van der Waals surface area contributed by atoms with Gasteiger partial charge in [0.15, 0.2) is 0 Å². The van der Waals surface area contributed by atoms with Crippen molar-refractivity contribution in [1.29, 1.82) is 0 Å². The summed E-state index contributed by atoms with van der Waals surface area (Å²) in [6, 6.07) is 16.4. The maximum atomic E-state index is 13.2. The van der Waals surface area contributed by atoms with Crippen LogP contribution in [0.1, 0.15) is 43.7 Å². The van der Waals surface area contributed by atoms with Gasteiger partial charge in [-0.05, 0) is 54.8 Å². The van der Waals surface area contributed by atoms with E-state index in [1.165, 1.54) is 12.0 Å². The summed E-state index contributed by atoms with van der Waals surface area (Å²) >= 11 is 3.48. The van der Waals surface area contributed by atoms with Crippen LogP contribution in [0.4, 0.5) is 5.69 Å². The summed E-state index contributed by atoms with van der Waals surface area (Å²) in [5.74, 6) is 1.14. The largest absolute Gasteiger partial charge is 0.497 e. The summed E-state index contributed by atoms with van der Waals surface area (Å²) in [7, 11) is 1.68. The molecule has 1 saturated heterocycles. The monoisotopic (exact) mass is 399 g/mol. The maximum Gasteiger partial charge on any atom is 0.236 e. The highest BCUT2D eigenvalue weighted by atomic mass is 79.9. The molecule has 3 nitrogen and oxygen atoms in total. The SMILES string of the molecule is COc1ccc(C2N(c3ccc(Br)cc3)C(=O)C23CCCCC3)cc1. The topological polar surface area (TPSA) is 29.5 Å². The van der Waals surface area contributed by atoms with Crippen LogP contribution in [0.2, 0.25) is 0 Å². The van der Waals surface area contributed by atoms with E-state index < -0.39 is 0 Å². The van der Waals surface area contributed by atoms with E-state index in [1.54, 1.807) is 7.11 Å². The number of hydrogen-bond donors (Lipinski definition) is 0. The number of ether oxygens (including phenoxy) is 1. The lowest BCUT2D eigenvalue weighted by atomic mass is 9.60. The fourth-order valence-corrected chi connectivity index (χ4v) is 4.71. The predicted molar refractivity (Wildman–Crippen MR) is 103 cm³/mol. The average molecular weight is 400 g/mol. The molecule has 2 aromatic rings. The number of halogens is 1. The van der Waals surface area contributed by atoms with Crippen molar-refractivity contribution in [2.45, 2.75) is 38.1 Å². The highest BCUT2D eigenvalue weighted by Gasteiger charge is 2.61. The normalized spacial score (nSPS) is 21.9. The molecular weight excluding hydrogens is 378 g/mol. The van der Waals surface area contributed by atoms with Crippen LogP contribution in [0, 0.1) is 5.41 Å². The van der Waals surface area contributed by atoms with Crippen LogP contribution in [0.15, 0.2) is 53.0 Å². The molecule has 0 radical (unpaired) electrons. The number of hydrogen-bond acceptors (Lipinski definition) is 2. The third-order valence-electron chi connectivity index (χ3n) is 5.71. The van der Waals surface area contributed by atoms with Crippen molar-refractivity contribution < 1.29 is 9.53 Å². The Labute approximate surface area is 157 Å². The number of carbonyl (C=O) groups is 1. The average Bonchev–Trinajstić information content (AvgIpc) is 2.67. The van der Waals surface area contributed by atoms with Crippen LogP contribution in [-0.2, 0) is 4.79 Å². The van der Waals surface area contributed by atoms with Crippen LogP contribution in [0.5, 0.6) is 5.75 Å². The van der Waals surface area contributed by atoms with Crippen LogP contribution < -0.4 is 9.64 Å². The molecule has 1 aliphatic heterocycles. The van der Waals surface area contributed by atoms with Crippen LogP contribution in [0.3, 0.4) is 0 Å². The molecule has 1 atom stereocenters. The van der Waals surface area contributed by atoms with Gasteiger partial charge in [-0.15, -0.1) is 0 Å². The van der Waals surface area contributed by atoms with Gasteiger partial charge in [0.1, 0.15) is 5.75 Å². The number of methoxy groups -OCH3 is 1. The summed E-state index contributed by atoms with van der Waals surface area (Å²) in [4.78, 5) is 15.2. The first kappa shape index (κ1) is 16.6. The van der Waals surface area contributed by atoms with Gasteiger partial charge in [-0.2, -0.15) is 0 Å². The molecule has 1 amide bonds. The zero-order valence-electron chi connectivity index (χ0n) is 14.4. The van der Waals surface area contributed by atoms with E-state index in [0.29, 0.717) is 0 Å². The second-order valence-electron chi connectivity index (χ2n) is 7.04. The molecule has 0 bridgehead atoms. The molecule has 1 heterocycles. The second-order valence-corrected chi connectivity index (χ2v) is 7.96. The van der Waals surface area contributed by atoms with Gasteiger partial charge in [0.2, 0.25) is 5.91 Å². The fourth-order valence-electron chi connectivity index (χ4n) is 4.45. The lowest BCUT2D eigenvalue weighted by molar-refractivity contribution is -0.143. The first-order chi connectivity index (χ1) is 12.2. The molecule has 0 N–H and O–H groups in total. The minimum Gasteiger partial charge on any atom is -0.497 e. The van der Waals surface area contributed by atoms with Gasteiger partial charge in [-0.3, -0.25) is 4.79 Å². The Kier molecular flexibility index (Phi) is 4.32. The van der Waals surface area contributed by atoms with Crippen molar-refractivity contribution in [2.24, 2.45) is 5.41 Å². The molecule has 2 fully saturated rings. The minimum atomic E-state index is -0.222. The van der Waals surface area contributed by atoms with Gasteiger partial charge in [-0.25, -0.2) is 0 Å². The van der Waals surface area contributed by atoms with E-state index in [1.807, 2.05) is 41.3 Å². The molecule has 4 rings (SSSR count). The van der Waals surface area contributed by atoms with Gasteiger partial charge in [0.05, 0.1) is 18.6 Å². The van der Waals surface area contributed by atoms with Gasteiger partial charge in [0.25, 0.3) is 0 Å². The number of benzene rings is 2. The van der Waals surface area contributed by atoms with Gasteiger partial charge in [-0.1, -0.05) is 47.3 Å². The van der Waals surface area contributed by atoms with Crippen molar-refractivity contribution in [3.05, 3.63) is 58.6 Å². The fraction of sp³-hybridized carbons (Fsp3) is 0.381. The molecule has 2 aliphatic rings. The maximum absolute atomic E-state index is 13.2. The molecule has 1 saturated carbocycles. The third kappa shape index (κ3) is 2.67. The summed E-state index contributed by atoms with van der Waals surface area (Å²) < 4.78 is 6.32. The number of rotatable bonds is 3. The quantitative estimate of drug-likeness (QED) is 0.637. The Morgan fingerprint density at radius 3 is 2.24 bits per heavy atom. The number of amides is 1. The summed E-state index contributed by atoms with van der Waals surface area (Å²) in [5.41, 5.74) is 1.95. The van der Waals surface area contributed by atoms with Gasteiger partial charge in [0, 0.05) is 10.2 Å². The molecule has 1 spiro atoms.